The minimum atomic E-state index is -0.485. The maximum atomic E-state index is 13.7. The molecule has 1 aromatic carbocycles. The van der Waals surface area contributed by atoms with Crippen molar-refractivity contribution >= 4 is 22.9 Å². The molecule has 0 aliphatic carbocycles. The monoisotopic (exact) mass is 307 g/mol. The Morgan fingerprint density at radius 3 is 2.81 bits per heavy atom. The number of hydrogen-bond acceptors (Lipinski definition) is 2. The van der Waals surface area contributed by atoms with Gasteiger partial charge in [0.25, 0.3) is 0 Å². The lowest BCUT2D eigenvalue weighted by Crippen LogP contribution is -2.03. The quantitative estimate of drug-likeness (QED) is 0.786. The minimum Gasteiger partial charge on any atom is -0.377 e. The Labute approximate surface area is 125 Å². The smallest absolute Gasteiger partial charge is 0.146 e. The summed E-state index contributed by atoms with van der Waals surface area (Å²) in [7, 11) is 0. The predicted molar refractivity (Wildman–Crippen MR) is 78.6 cm³/mol. The van der Waals surface area contributed by atoms with Gasteiger partial charge in [0.15, 0.2) is 0 Å². The zero-order chi connectivity index (χ0) is 15.0. The molecule has 21 heavy (non-hydrogen) atoms. The highest BCUT2D eigenvalue weighted by atomic mass is 35.5. The van der Waals surface area contributed by atoms with Gasteiger partial charge in [0.05, 0.1) is 22.9 Å². The van der Waals surface area contributed by atoms with Crippen LogP contribution in [0.5, 0.6) is 0 Å². The van der Waals surface area contributed by atoms with Crippen LogP contribution in [0.1, 0.15) is 11.3 Å². The molecule has 0 saturated carbocycles. The summed E-state index contributed by atoms with van der Waals surface area (Å²) >= 11 is 5.90. The minimum absolute atomic E-state index is 0.119. The molecule has 0 unspecified atom stereocenters. The van der Waals surface area contributed by atoms with Gasteiger partial charge >= 0.3 is 0 Å². The molecule has 0 bridgehead atoms. The van der Waals surface area contributed by atoms with Gasteiger partial charge in [0.2, 0.25) is 0 Å². The maximum absolute atomic E-state index is 13.7. The van der Waals surface area contributed by atoms with Gasteiger partial charge in [0.1, 0.15) is 17.3 Å². The highest BCUT2D eigenvalue weighted by molar-refractivity contribution is 6.30. The molecule has 6 heteroatoms. The molecule has 0 spiro atoms. The maximum Gasteiger partial charge on any atom is 0.146 e. The van der Waals surface area contributed by atoms with Gasteiger partial charge in [0, 0.05) is 18.5 Å². The van der Waals surface area contributed by atoms with E-state index < -0.39 is 11.6 Å². The van der Waals surface area contributed by atoms with Crippen LogP contribution in [0.15, 0.2) is 36.7 Å². The van der Waals surface area contributed by atoms with Gasteiger partial charge in [-0.15, -0.1) is 0 Å². The van der Waals surface area contributed by atoms with Crippen molar-refractivity contribution in [2.24, 2.45) is 0 Å². The lowest BCUT2D eigenvalue weighted by molar-refractivity contribution is 0.594. The van der Waals surface area contributed by atoms with Crippen molar-refractivity contribution in [2.45, 2.75) is 13.5 Å². The molecule has 0 fully saturated rings. The Morgan fingerprint density at radius 1 is 1.19 bits per heavy atom. The lowest BCUT2D eigenvalue weighted by atomic mass is 10.2. The van der Waals surface area contributed by atoms with E-state index in [0.717, 1.165) is 11.7 Å². The molecule has 3 aromatic rings. The average molecular weight is 308 g/mol. The predicted octanol–water partition coefficient (Wildman–Crippen LogP) is 4.19. The molecular weight excluding hydrogens is 296 g/mol. The van der Waals surface area contributed by atoms with Crippen LogP contribution in [0.2, 0.25) is 5.02 Å². The number of rotatable bonds is 3. The second kappa shape index (κ2) is 5.33. The number of benzene rings is 1. The molecule has 0 aliphatic rings. The molecule has 0 atom stereocenters. The first kappa shape index (κ1) is 13.8. The number of nitrogens with zero attached hydrogens (tertiary/aromatic N) is 2. The van der Waals surface area contributed by atoms with E-state index in [0.29, 0.717) is 17.3 Å². The zero-order valence-corrected chi connectivity index (χ0v) is 12.0. The van der Waals surface area contributed by atoms with Gasteiger partial charge in [-0.3, -0.25) is 0 Å². The van der Waals surface area contributed by atoms with Crippen LogP contribution < -0.4 is 5.32 Å². The first-order valence-electron chi connectivity index (χ1n) is 6.35. The Morgan fingerprint density at radius 2 is 2.00 bits per heavy atom. The summed E-state index contributed by atoms with van der Waals surface area (Å²) in [6, 6.07) is 5.85. The molecule has 0 aliphatic heterocycles. The molecule has 108 valence electrons. The number of anilines is 1. The second-order valence-electron chi connectivity index (χ2n) is 4.78. The van der Waals surface area contributed by atoms with Crippen molar-refractivity contribution in [3.63, 3.8) is 0 Å². The van der Waals surface area contributed by atoms with Crippen molar-refractivity contribution in [1.82, 2.24) is 9.38 Å². The van der Waals surface area contributed by atoms with Crippen LogP contribution in [0.3, 0.4) is 0 Å². The number of pyridine rings is 1. The summed E-state index contributed by atoms with van der Waals surface area (Å²) in [6.07, 6.45) is 3.52. The third kappa shape index (κ3) is 2.83. The van der Waals surface area contributed by atoms with Crippen LogP contribution in [-0.4, -0.2) is 9.38 Å². The highest BCUT2D eigenvalue weighted by Gasteiger charge is 2.08. The van der Waals surface area contributed by atoms with Crippen LogP contribution in [0.25, 0.3) is 5.65 Å². The van der Waals surface area contributed by atoms with Gasteiger partial charge in [-0.1, -0.05) is 11.6 Å². The van der Waals surface area contributed by atoms with Crippen molar-refractivity contribution in [1.29, 1.82) is 0 Å². The van der Waals surface area contributed by atoms with Crippen LogP contribution >= 0.6 is 11.6 Å². The number of imidazole rings is 1. The molecule has 3 nitrogen and oxygen atoms in total. The molecule has 3 rings (SSSR count). The largest absolute Gasteiger partial charge is 0.377 e. The van der Waals surface area contributed by atoms with E-state index in [1.54, 1.807) is 28.9 Å². The fourth-order valence-electron chi connectivity index (χ4n) is 2.07. The number of hydrogen-bond donors (Lipinski definition) is 1. The van der Waals surface area contributed by atoms with Gasteiger partial charge < -0.3 is 9.72 Å². The third-order valence-electron chi connectivity index (χ3n) is 3.17. The fourth-order valence-corrected chi connectivity index (χ4v) is 2.24. The van der Waals surface area contributed by atoms with E-state index in [2.05, 4.69) is 10.3 Å². The van der Waals surface area contributed by atoms with E-state index in [1.165, 1.54) is 13.0 Å². The summed E-state index contributed by atoms with van der Waals surface area (Å²) in [5, 5.41) is 3.45. The SMILES string of the molecule is Cc1cc(F)c(NCc2cn3cc(Cl)ccc3n2)cc1F. The normalized spacial score (nSPS) is 11.0. The number of nitrogens with one attached hydrogen (secondary N) is 1. The molecule has 1 N–H and O–H groups in total. The topological polar surface area (TPSA) is 29.3 Å². The van der Waals surface area contributed by atoms with Crippen molar-refractivity contribution in [2.75, 3.05) is 5.32 Å². The van der Waals surface area contributed by atoms with Gasteiger partial charge in [-0.2, -0.15) is 0 Å². The van der Waals surface area contributed by atoms with Gasteiger partial charge in [-0.25, -0.2) is 13.8 Å². The fraction of sp³-hybridized carbons (Fsp3) is 0.133. The molecule has 2 aromatic heterocycles. The molecular formula is C15H12ClF2N3. The van der Waals surface area contributed by atoms with Crippen molar-refractivity contribution in [3.05, 3.63) is 64.6 Å². The van der Waals surface area contributed by atoms with Crippen LogP contribution in [-0.2, 0) is 6.54 Å². The van der Waals surface area contributed by atoms with E-state index in [4.69, 9.17) is 11.6 Å². The van der Waals surface area contributed by atoms with Crippen LogP contribution in [0, 0.1) is 18.6 Å². The molecule has 0 amide bonds. The Hall–Kier alpha value is -2.14. The number of fused-ring (bicyclic) bond motifs is 1. The lowest BCUT2D eigenvalue weighted by Gasteiger charge is -2.07. The third-order valence-corrected chi connectivity index (χ3v) is 3.40. The second-order valence-corrected chi connectivity index (χ2v) is 5.22. The summed E-state index contributed by atoms with van der Waals surface area (Å²) in [5.74, 6) is -0.929. The van der Waals surface area contributed by atoms with E-state index in [9.17, 15) is 8.78 Å². The average Bonchev–Trinajstić information content (AvgIpc) is 2.83. The van der Waals surface area contributed by atoms with Gasteiger partial charge in [-0.05, 0) is 30.7 Å². The number of aryl methyl sites for hydroxylation is 1. The summed E-state index contributed by atoms with van der Waals surface area (Å²) < 4.78 is 29.0. The number of aromatic nitrogens is 2. The Bertz CT molecular complexity index is 814. The van der Waals surface area contributed by atoms with E-state index in [1.807, 2.05) is 0 Å². The summed E-state index contributed by atoms with van der Waals surface area (Å²) in [5.41, 5.74) is 1.85. The Kier molecular flexibility index (Phi) is 3.51. The Balaban J connectivity index is 1.81. The standard InChI is InChI=1S/C15H12ClF2N3/c1-9-4-13(18)14(5-12(9)17)19-6-11-8-21-7-10(16)2-3-15(21)20-11/h2-5,7-8,19H,6H2,1H3. The van der Waals surface area contributed by atoms with E-state index in [-0.39, 0.29) is 11.3 Å². The van der Waals surface area contributed by atoms with E-state index >= 15 is 0 Å². The first-order valence-corrected chi connectivity index (χ1v) is 6.73. The molecule has 0 radical (unpaired) electrons. The highest BCUT2D eigenvalue weighted by Crippen LogP contribution is 2.20. The molecule has 0 saturated heterocycles. The van der Waals surface area contributed by atoms with Crippen molar-refractivity contribution < 1.29 is 8.78 Å². The first-order chi connectivity index (χ1) is 10.0. The van der Waals surface area contributed by atoms with Crippen molar-refractivity contribution in [3.8, 4) is 0 Å². The zero-order valence-electron chi connectivity index (χ0n) is 11.2. The van der Waals surface area contributed by atoms with Crippen LogP contribution in [0.4, 0.5) is 14.5 Å². The summed E-state index contributed by atoms with van der Waals surface area (Å²) in [4.78, 5) is 4.36. The summed E-state index contributed by atoms with van der Waals surface area (Å²) in [6.45, 7) is 1.81. The number of halogens is 3. The molecule has 2 heterocycles.